The molecule has 0 spiro atoms. The van der Waals surface area contributed by atoms with Crippen LogP contribution in [0, 0.1) is 0 Å². The minimum absolute atomic E-state index is 0.0995. The zero-order chi connectivity index (χ0) is 26.1. The lowest BCUT2D eigenvalue weighted by Crippen LogP contribution is -2.54. The Balaban J connectivity index is 1.67. The Labute approximate surface area is 211 Å². The van der Waals surface area contributed by atoms with Gasteiger partial charge in [0.05, 0.1) is 29.2 Å². The molecule has 0 saturated heterocycles. The maximum atomic E-state index is 13.2. The van der Waals surface area contributed by atoms with Crippen LogP contribution in [0.5, 0.6) is 0 Å². The lowest BCUT2D eigenvalue weighted by Gasteiger charge is -2.43. The second-order valence-electron chi connectivity index (χ2n) is 9.50. The summed E-state index contributed by atoms with van der Waals surface area (Å²) >= 11 is 0. The van der Waals surface area contributed by atoms with Gasteiger partial charge in [-0.15, -0.1) is 0 Å². The van der Waals surface area contributed by atoms with Crippen molar-refractivity contribution in [3.63, 3.8) is 0 Å². The van der Waals surface area contributed by atoms with Gasteiger partial charge in [0, 0.05) is 16.9 Å². The summed E-state index contributed by atoms with van der Waals surface area (Å²) in [5.74, 6) is -0.399. The smallest absolute Gasteiger partial charge is 0.255 e. The van der Waals surface area contributed by atoms with Crippen LogP contribution in [0.4, 0.5) is 11.4 Å². The van der Waals surface area contributed by atoms with Gasteiger partial charge in [-0.05, 0) is 79.4 Å². The van der Waals surface area contributed by atoms with Crippen molar-refractivity contribution in [2.75, 3.05) is 10.6 Å². The number of fused-ring (bicyclic) bond motifs is 1. The van der Waals surface area contributed by atoms with Crippen LogP contribution in [0.25, 0.3) is 0 Å². The van der Waals surface area contributed by atoms with Gasteiger partial charge in [0.2, 0.25) is 10.0 Å². The van der Waals surface area contributed by atoms with Gasteiger partial charge in [0.15, 0.2) is 0 Å². The number of aliphatic hydroxyl groups excluding tert-OH is 2. The number of hydrogen-bond donors (Lipinski definition) is 5. The number of rotatable bonds is 7. The van der Waals surface area contributed by atoms with Crippen LogP contribution in [-0.2, 0) is 23.1 Å². The summed E-state index contributed by atoms with van der Waals surface area (Å²) < 4.78 is 29.2. The number of nitrogens with one attached hydrogen (secondary N) is 3. The van der Waals surface area contributed by atoms with E-state index >= 15 is 0 Å². The van der Waals surface area contributed by atoms with E-state index in [4.69, 9.17) is 0 Å². The Morgan fingerprint density at radius 2 is 1.75 bits per heavy atom. The Morgan fingerprint density at radius 3 is 2.42 bits per heavy atom. The molecule has 0 aliphatic carbocycles. The largest absolute Gasteiger partial charge is 0.392 e. The van der Waals surface area contributed by atoms with Gasteiger partial charge in [-0.3, -0.25) is 4.79 Å². The van der Waals surface area contributed by atoms with Gasteiger partial charge in [-0.1, -0.05) is 31.2 Å². The third kappa shape index (κ3) is 5.29. The SMILES string of the molecule is CCc1ccc(S(=O)(=O)N[C@@H]2c3cc(C(=O)Nc4cccc(CO)c4)ccc3NC(C)(C)[C@H]2O)cc1. The molecule has 0 unspecified atom stereocenters. The molecule has 0 aromatic heterocycles. The molecule has 190 valence electrons. The molecular weight excluding hydrogens is 478 g/mol. The average molecular weight is 510 g/mol. The lowest BCUT2D eigenvalue weighted by atomic mass is 9.82. The molecule has 1 aliphatic rings. The minimum atomic E-state index is -3.96. The number of anilines is 2. The molecule has 0 fully saturated rings. The molecule has 1 heterocycles. The molecular formula is C27H31N3O5S. The van der Waals surface area contributed by atoms with E-state index in [-0.39, 0.29) is 11.5 Å². The number of benzene rings is 3. The first-order valence-electron chi connectivity index (χ1n) is 11.8. The normalized spacial score (nSPS) is 18.7. The minimum Gasteiger partial charge on any atom is -0.392 e. The third-order valence-electron chi connectivity index (χ3n) is 6.45. The number of aliphatic hydroxyl groups is 2. The topological polar surface area (TPSA) is 128 Å². The molecule has 4 rings (SSSR count). The van der Waals surface area contributed by atoms with Crippen molar-refractivity contribution < 1.29 is 23.4 Å². The fraction of sp³-hybridized carbons (Fsp3) is 0.296. The van der Waals surface area contributed by atoms with E-state index in [9.17, 15) is 23.4 Å². The number of sulfonamides is 1. The van der Waals surface area contributed by atoms with Crippen molar-refractivity contribution in [1.82, 2.24) is 4.72 Å². The number of amides is 1. The van der Waals surface area contributed by atoms with Crippen LogP contribution in [0.2, 0.25) is 0 Å². The van der Waals surface area contributed by atoms with Crippen LogP contribution in [0.1, 0.15) is 53.9 Å². The predicted octanol–water partition coefficient (Wildman–Crippen LogP) is 3.58. The zero-order valence-corrected chi connectivity index (χ0v) is 21.3. The maximum absolute atomic E-state index is 13.2. The van der Waals surface area contributed by atoms with Gasteiger partial charge >= 0.3 is 0 Å². The first-order chi connectivity index (χ1) is 17.0. The van der Waals surface area contributed by atoms with E-state index < -0.39 is 33.6 Å². The number of carbonyl (C=O) groups excluding carboxylic acids is 1. The fourth-order valence-electron chi connectivity index (χ4n) is 4.30. The molecule has 3 aromatic rings. The lowest BCUT2D eigenvalue weighted by molar-refractivity contribution is 0.0770. The Bertz CT molecular complexity index is 1370. The monoisotopic (exact) mass is 509 g/mol. The van der Waals surface area contributed by atoms with E-state index in [1.54, 1.807) is 80.6 Å². The molecule has 0 bridgehead atoms. The standard InChI is InChI=1S/C27H31N3O5S/c1-4-17-8-11-21(12-9-17)36(34,35)30-24-22-15-19(10-13-23(22)29-27(2,3)25(24)32)26(33)28-20-7-5-6-18(14-20)16-31/h5-15,24-25,29-32H,4,16H2,1-3H3,(H,28,33)/t24-,25+/m1/s1. The Hall–Kier alpha value is -3.24. The molecule has 3 aromatic carbocycles. The predicted molar refractivity (Wildman–Crippen MR) is 139 cm³/mol. The van der Waals surface area contributed by atoms with Gasteiger partial charge in [-0.2, -0.15) is 0 Å². The van der Waals surface area contributed by atoms with Crippen molar-refractivity contribution in [3.8, 4) is 0 Å². The zero-order valence-electron chi connectivity index (χ0n) is 20.4. The van der Waals surface area contributed by atoms with E-state index in [0.29, 0.717) is 28.1 Å². The Kier molecular flexibility index (Phi) is 7.19. The highest BCUT2D eigenvalue weighted by Crippen LogP contribution is 2.39. The van der Waals surface area contributed by atoms with Gasteiger partial charge in [-0.25, -0.2) is 13.1 Å². The second-order valence-corrected chi connectivity index (χ2v) is 11.2. The van der Waals surface area contributed by atoms with Crippen LogP contribution >= 0.6 is 0 Å². The van der Waals surface area contributed by atoms with Crippen LogP contribution in [-0.4, -0.2) is 36.2 Å². The summed E-state index contributed by atoms with van der Waals surface area (Å²) in [6.45, 7) is 5.41. The molecule has 36 heavy (non-hydrogen) atoms. The summed E-state index contributed by atoms with van der Waals surface area (Å²) in [5.41, 5.74) is 2.76. The van der Waals surface area contributed by atoms with Gasteiger partial charge < -0.3 is 20.8 Å². The van der Waals surface area contributed by atoms with Crippen molar-refractivity contribution in [1.29, 1.82) is 0 Å². The van der Waals surface area contributed by atoms with Crippen molar-refractivity contribution in [2.24, 2.45) is 0 Å². The highest BCUT2D eigenvalue weighted by Gasteiger charge is 2.43. The summed E-state index contributed by atoms with van der Waals surface area (Å²) in [4.78, 5) is 13.1. The van der Waals surface area contributed by atoms with E-state index in [1.807, 2.05) is 6.92 Å². The number of aryl methyl sites for hydroxylation is 1. The molecule has 2 atom stereocenters. The summed E-state index contributed by atoms with van der Waals surface area (Å²) in [6, 6.07) is 17.4. The molecule has 0 radical (unpaired) electrons. The first kappa shape index (κ1) is 25.8. The molecule has 1 aliphatic heterocycles. The quantitative estimate of drug-likeness (QED) is 0.331. The number of hydrogen-bond acceptors (Lipinski definition) is 6. The summed E-state index contributed by atoms with van der Waals surface area (Å²) in [6.07, 6.45) is -0.327. The van der Waals surface area contributed by atoms with Gasteiger partial charge in [0.1, 0.15) is 0 Å². The number of carbonyl (C=O) groups is 1. The molecule has 1 amide bonds. The van der Waals surface area contributed by atoms with Crippen LogP contribution in [0.15, 0.2) is 71.6 Å². The average Bonchev–Trinajstić information content (AvgIpc) is 2.86. The second kappa shape index (κ2) is 10.0. The van der Waals surface area contributed by atoms with Crippen LogP contribution < -0.4 is 15.4 Å². The fourth-order valence-corrected chi connectivity index (χ4v) is 5.52. The molecule has 9 heteroatoms. The van der Waals surface area contributed by atoms with Crippen molar-refractivity contribution in [3.05, 3.63) is 89.0 Å². The highest BCUT2D eigenvalue weighted by atomic mass is 32.2. The summed E-state index contributed by atoms with van der Waals surface area (Å²) in [7, 11) is -3.96. The van der Waals surface area contributed by atoms with E-state index in [2.05, 4.69) is 15.4 Å². The van der Waals surface area contributed by atoms with Gasteiger partial charge in [0.25, 0.3) is 5.91 Å². The van der Waals surface area contributed by atoms with Crippen LogP contribution in [0.3, 0.4) is 0 Å². The molecule has 0 saturated carbocycles. The van der Waals surface area contributed by atoms with Crippen molar-refractivity contribution >= 4 is 27.3 Å². The molecule has 8 nitrogen and oxygen atoms in total. The highest BCUT2D eigenvalue weighted by molar-refractivity contribution is 7.89. The third-order valence-corrected chi connectivity index (χ3v) is 7.91. The summed E-state index contributed by atoms with van der Waals surface area (Å²) in [5, 5.41) is 26.5. The van der Waals surface area contributed by atoms with Crippen molar-refractivity contribution in [2.45, 2.75) is 56.4 Å². The van der Waals surface area contributed by atoms with E-state index in [1.165, 1.54) is 0 Å². The first-order valence-corrected chi connectivity index (χ1v) is 13.2. The van der Waals surface area contributed by atoms with E-state index in [0.717, 1.165) is 12.0 Å². The Morgan fingerprint density at radius 1 is 1.03 bits per heavy atom. The molecule has 5 N–H and O–H groups in total. The maximum Gasteiger partial charge on any atom is 0.255 e.